The lowest BCUT2D eigenvalue weighted by Gasteiger charge is -2.11. The number of nitrogens with zero attached hydrogens (tertiary/aromatic N) is 1. The van der Waals surface area contributed by atoms with Crippen molar-refractivity contribution >= 4 is 45.3 Å². The van der Waals surface area contributed by atoms with Crippen molar-refractivity contribution in [3.63, 3.8) is 0 Å². The molecule has 0 aromatic carbocycles. The Morgan fingerprint density at radius 3 is 2.76 bits per heavy atom. The molecule has 0 fully saturated rings. The third-order valence-electron chi connectivity index (χ3n) is 4.07. The van der Waals surface area contributed by atoms with Crippen molar-refractivity contribution in [1.29, 1.82) is 0 Å². The Balaban J connectivity index is 1.84. The molecule has 0 bridgehead atoms. The monoisotopic (exact) mass is 375 g/mol. The number of thiocarbonyl (C=S) groups is 1. The first-order valence-electron chi connectivity index (χ1n) is 8.48. The van der Waals surface area contributed by atoms with Gasteiger partial charge in [-0.15, -0.1) is 11.3 Å². The van der Waals surface area contributed by atoms with E-state index in [9.17, 15) is 4.79 Å². The normalized spacial score (nSPS) is 13.5. The summed E-state index contributed by atoms with van der Waals surface area (Å²) >= 11 is 7.02. The van der Waals surface area contributed by atoms with Crippen LogP contribution in [-0.4, -0.2) is 22.7 Å². The molecule has 2 aromatic rings. The number of carbonyl (C=O) groups excluding carboxylic acids is 1. The molecule has 5 nitrogen and oxygen atoms in total. The maximum Gasteiger partial charge on any atom is 0.341 e. The van der Waals surface area contributed by atoms with Gasteiger partial charge < -0.3 is 15.4 Å². The summed E-state index contributed by atoms with van der Waals surface area (Å²) < 4.78 is 5.29. The topological polar surface area (TPSA) is 63.2 Å². The number of ether oxygens (including phenoxy) is 1. The molecule has 2 aromatic heterocycles. The van der Waals surface area contributed by atoms with Gasteiger partial charge in [0.2, 0.25) is 0 Å². The van der Waals surface area contributed by atoms with Crippen molar-refractivity contribution in [2.75, 3.05) is 17.2 Å². The lowest BCUT2D eigenvalue weighted by molar-refractivity contribution is 0.0527. The van der Waals surface area contributed by atoms with Gasteiger partial charge in [0.15, 0.2) is 5.11 Å². The number of thiophene rings is 1. The van der Waals surface area contributed by atoms with Gasteiger partial charge in [-0.1, -0.05) is 6.42 Å². The van der Waals surface area contributed by atoms with Gasteiger partial charge in [0.05, 0.1) is 12.2 Å². The van der Waals surface area contributed by atoms with Crippen LogP contribution in [0.3, 0.4) is 0 Å². The summed E-state index contributed by atoms with van der Waals surface area (Å²) in [6.45, 7) is 2.19. The van der Waals surface area contributed by atoms with E-state index in [2.05, 4.69) is 15.6 Å². The van der Waals surface area contributed by atoms with E-state index in [1.165, 1.54) is 11.3 Å². The highest BCUT2D eigenvalue weighted by atomic mass is 32.1. The van der Waals surface area contributed by atoms with Crippen molar-refractivity contribution < 1.29 is 9.53 Å². The summed E-state index contributed by atoms with van der Waals surface area (Å²) in [5.74, 6) is -0.267. The Morgan fingerprint density at radius 1 is 1.24 bits per heavy atom. The minimum Gasteiger partial charge on any atom is -0.462 e. The fraction of sp³-hybridized carbons (Fsp3) is 0.389. The molecular weight excluding hydrogens is 354 g/mol. The van der Waals surface area contributed by atoms with Crippen LogP contribution in [0.25, 0.3) is 0 Å². The third-order valence-corrected chi connectivity index (χ3v) is 5.48. The molecule has 0 unspecified atom stereocenters. The molecule has 0 aliphatic heterocycles. The van der Waals surface area contributed by atoms with Gasteiger partial charge in [0.25, 0.3) is 0 Å². The highest BCUT2D eigenvalue weighted by molar-refractivity contribution is 7.80. The fourth-order valence-corrected chi connectivity index (χ4v) is 4.52. The first-order valence-corrected chi connectivity index (χ1v) is 9.71. The fourth-order valence-electron chi connectivity index (χ4n) is 2.95. The highest BCUT2D eigenvalue weighted by Gasteiger charge is 2.26. The summed E-state index contributed by atoms with van der Waals surface area (Å²) in [6.07, 6.45) is 8.80. The van der Waals surface area contributed by atoms with E-state index in [-0.39, 0.29) is 5.97 Å². The summed E-state index contributed by atoms with van der Waals surface area (Å²) in [6, 6.07) is 3.67. The molecule has 0 radical (unpaired) electrons. The highest BCUT2D eigenvalue weighted by Crippen LogP contribution is 2.38. The second-order valence-corrected chi connectivity index (χ2v) is 7.32. The first-order chi connectivity index (χ1) is 12.2. The van der Waals surface area contributed by atoms with E-state index in [0.29, 0.717) is 17.3 Å². The second-order valence-electron chi connectivity index (χ2n) is 5.80. The molecule has 2 N–H and O–H groups in total. The van der Waals surface area contributed by atoms with Crippen molar-refractivity contribution in [3.8, 4) is 0 Å². The summed E-state index contributed by atoms with van der Waals surface area (Å²) in [5, 5.41) is 7.54. The molecule has 0 saturated carbocycles. The van der Waals surface area contributed by atoms with Crippen LogP contribution in [0.15, 0.2) is 24.5 Å². The molecule has 1 aliphatic rings. The maximum absolute atomic E-state index is 12.5. The average Bonchev–Trinajstić information content (AvgIpc) is 2.77. The molecule has 2 heterocycles. The number of anilines is 2. The molecule has 0 atom stereocenters. The summed E-state index contributed by atoms with van der Waals surface area (Å²) in [4.78, 5) is 17.8. The molecule has 3 rings (SSSR count). The Kier molecular flexibility index (Phi) is 5.99. The number of rotatable bonds is 4. The van der Waals surface area contributed by atoms with Gasteiger partial charge in [-0.3, -0.25) is 4.98 Å². The number of pyridine rings is 1. The van der Waals surface area contributed by atoms with Crippen molar-refractivity contribution in [3.05, 3.63) is 40.5 Å². The minimum atomic E-state index is -0.267. The zero-order valence-electron chi connectivity index (χ0n) is 14.1. The molecule has 0 amide bonds. The van der Waals surface area contributed by atoms with E-state index in [1.54, 1.807) is 23.7 Å². The number of nitrogens with one attached hydrogen (secondary N) is 2. The minimum absolute atomic E-state index is 0.267. The number of esters is 1. The van der Waals surface area contributed by atoms with Gasteiger partial charge in [-0.2, -0.15) is 0 Å². The van der Waals surface area contributed by atoms with Crippen molar-refractivity contribution in [2.24, 2.45) is 0 Å². The summed E-state index contributed by atoms with van der Waals surface area (Å²) in [5.41, 5.74) is 2.64. The number of hydrogen-bond donors (Lipinski definition) is 2. The van der Waals surface area contributed by atoms with E-state index in [0.717, 1.165) is 41.9 Å². The molecule has 7 heteroatoms. The van der Waals surface area contributed by atoms with Crippen LogP contribution < -0.4 is 10.6 Å². The van der Waals surface area contributed by atoms with Crippen LogP contribution in [0.1, 0.15) is 47.0 Å². The van der Waals surface area contributed by atoms with Crippen molar-refractivity contribution in [2.45, 2.75) is 39.0 Å². The van der Waals surface area contributed by atoms with Crippen molar-refractivity contribution in [1.82, 2.24) is 4.98 Å². The van der Waals surface area contributed by atoms with Gasteiger partial charge >= 0.3 is 5.97 Å². The Bertz CT molecular complexity index is 759. The Hall–Kier alpha value is -1.99. The first kappa shape index (κ1) is 17.8. The molecule has 25 heavy (non-hydrogen) atoms. The smallest absolute Gasteiger partial charge is 0.341 e. The van der Waals surface area contributed by atoms with Crippen LogP contribution in [0, 0.1) is 0 Å². The largest absolute Gasteiger partial charge is 0.462 e. The Labute approximate surface area is 156 Å². The number of aromatic nitrogens is 1. The zero-order chi connectivity index (χ0) is 17.6. The zero-order valence-corrected chi connectivity index (χ0v) is 15.8. The van der Waals surface area contributed by atoms with Crippen LogP contribution in [0.2, 0.25) is 0 Å². The van der Waals surface area contributed by atoms with E-state index >= 15 is 0 Å². The van der Waals surface area contributed by atoms with Crippen LogP contribution in [0.5, 0.6) is 0 Å². The maximum atomic E-state index is 12.5. The van der Waals surface area contributed by atoms with Crippen LogP contribution in [0.4, 0.5) is 10.7 Å². The predicted molar refractivity (Wildman–Crippen MR) is 106 cm³/mol. The van der Waals surface area contributed by atoms with Crippen LogP contribution in [-0.2, 0) is 17.6 Å². The van der Waals surface area contributed by atoms with Gasteiger partial charge in [-0.05, 0) is 62.5 Å². The second kappa shape index (κ2) is 8.40. The predicted octanol–water partition coefficient (Wildman–Crippen LogP) is 4.40. The lowest BCUT2D eigenvalue weighted by Crippen LogP contribution is -2.20. The van der Waals surface area contributed by atoms with Crippen LogP contribution >= 0.6 is 23.6 Å². The van der Waals surface area contributed by atoms with E-state index < -0.39 is 0 Å². The number of fused-ring (bicyclic) bond motifs is 1. The average molecular weight is 376 g/mol. The van der Waals surface area contributed by atoms with Gasteiger partial charge in [-0.25, -0.2) is 4.79 Å². The molecule has 1 aliphatic carbocycles. The SMILES string of the molecule is CCOC(=O)c1c(NC(=S)Nc2ccncc2)sc2c1CCCCC2. The number of hydrogen-bond acceptors (Lipinski definition) is 5. The number of aryl methyl sites for hydroxylation is 1. The third kappa shape index (κ3) is 4.35. The lowest BCUT2D eigenvalue weighted by atomic mass is 10.1. The van der Waals surface area contributed by atoms with Gasteiger partial charge in [0, 0.05) is 23.0 Å². The quantitative estimate of drug-likeness (QED) is 0.469. The van der Waals surface area contributed by atoms with E-state index in [1.807, 2.05) is 19.1 Å². The number of carbonyl (C=O) groups is 1. The Morgan fingerprint density at radius 2 is 2.00 bits per heavy atom. The van der Waals surface area contributed by atoms with Gasteiger partial charge in [0.1, 0.15) is 5.00 Å². The van der Waals surface area contributed by atoms with E-state index in [4.69, 9.17) is 17.0 Å². The summed E-state index contributed by atoms with van der Waals surface area (Å²) in [7, 11) is 0. The molecular formula is C18H21N3O2S2. The molecule has 0 saturated heterocycles. The standard InChI is InChI=1S/C18H21N3O2S2/c1-2-23-17(22)15-13-6-4-3-5-7-14(13)25-16(15)21-18(24)20-12-8-10-19-11-9-12/h8-11H,2-7H2,1H3,(H2,19,20,21,24). The molecule has 132 valence electrons. The molecule has 0 spiro atoms.